The molecule has 1 aromatic carbocycles. The molecule has 1 aromatic rings. The van der Waals surface area contributed by atoms with E-state index in [0.717, 1.165) is 25.3 Å². The van der Waals surface area contributed by atoms with Gasteiger partial charge in [-0.1, -0.05) is 44.5 Å². The molecule has 1 aliphatic carbocycles. The van der Waals surface area contributed by atoms with Crippen LogP contribution in [0.3, 0.4) is 0 Å². The Morgan fingerprint density at radius 1 is 1.33 bits per heavy atom. The minimum atomic E-state index is -0.00587. The Balaban J connectivity index is 1.84. The van der Waals surface area contributed by atoms with Crippen LogP contribution in [0.2, 0.25) is 0 Å². The maximum atomic E-state index is 12.7. The van der Waals surface area contributed by atoms with Crippen molar-refractivity contribution in [1.82, 2.24) is 10.2 Å². The van der Waals surface area contributed by atoms with E-state index >= 15 is 0 Å². The smallest absolute Gasteiger partial charge is 0.241 e. The number of carbonyl (C=O) groups is 1. The monoisotopic (exact) mass is 286 g/mol. The highest BCUT2D eigenvalue weighted by atomic mass is 16.2. The SMILES string of the molecule is CCCC1NC(c2ccccc2C)N(CC2CC2C)C1=O. The van der Waals surface area contributed by atoms with E-state index in [-0.39, 0.29) is 12.2 Å². The number of nitrogens with one attached hydrogen (secondary N) is 1. The van der Waals surface area contributed by atoms with Crippen LogP contribution in [0, 0.1) is 18.8 Å². The Kier molecular flexibility index (Phi) is 4.03. The lowest BCUT2D eigenvalue weighted by molar-refractivity contribution is -0.130. The molecule has 0 bridgehead atoms. The van der Waals surface area contributed by atoms with Gasteiger partial charge < -0.3 is 4.90 Å². The van der Waals surface area contributed by atoms with Crippen molar-refractivity contribution in [3.05, 3.63) is 35.4 Å². The van der Waals surface area contributed by atoms with Crippen LogP contribution >= 0.6 is 0 Å². The summed E-state index contributed by atoms with van der Waals surface area (Å²) in [6, 6.07) is 8.41. The van der Waals surface area contributed by atoms with E-state index in [1.165, 1.54) is 17.5 Å². The molecular weight excluding hydrogens is 260 g/mol. The summed E-state index contributed by atoms with van der Waals surface area (Å²) in [7, 11) is 0. The van der Waals surface area contributed by atoms with E-state index in [1.807, 2.05) is 0 Å². The first-order valence-corrected chi connectivity index (χ1v) is 8.23. The number of carbonyl (C=O) groups excluding carboxylic acids is 1. The van der Waals surface area contributed by atoms with E-state index in [1.54, 1.807) is 0 Å². The molecule has 0 spiro atoms. The molecule has 1 saturated carbocycles. The topological polar surface area (TPSA) is 32.3 Å². The van der Waals surface area contributed by atoms with Gasteiger partial charge in [0.15, 0.2) is 0 Å². The average molecular weight is 286 g/mol. The molecule has 2 fully saturated rings. The summed E-state index contributed by atoms with van der Waals surface area (Å²) in [5.74, 6) is 1.77. The van der Waals surface area contributed by atoms with Crippen molar-refractivity contribution in [1.29, 1.82) is 0 Å². The van der Waals surface area contributed by atoms with Crippen molar-refractivity contribution in [2.75, 3.05) is 6.54 Å². The fraction of sp³-hybridized carbons (Fsp3) is 0.611. The molecule has 21 heavy (non-hydrogen) atoms. The molecule has 4 atom stereocenters. The molecular formula is C18H26N2O. The van der Waals surface area contributed by atoms with Crippen LogP contribution < -0.4 is 5.32 Å². The molecule has 3 rings (SSSR count). The summed E-state index contributed by atoms with van der Waals surface area (Å²) >= 11 is 0. The molecule has 2 aliphatic rings. The first kappa shape index (κ1) is 14.6. The molecule has 3 heteroatoms. The fourth-order valence-corrected chi connectivity index (χ4v) is 3.43. The highest BCUT2D eigenvalue weighted by Gasteiger charge is 2.43. The second-order valence-corrected chi connectivity index (χ2v) is 6.73. The van der Waals surface area contributed by atoms with Crippen LogP contribution in [0.4, 0.5) is 0 Å². The minimum Gasteiger partial charge on any atom is -0.321 e. The number of hydrogen-bond donors (Lipinski definition) is 1. The minimum absolute atomic E-state index is 0.00587. The van der Waals surface area contributed by atoms with Gasteiger partial charge in [0.25, 0.3) is 0 Å². The predicted molar refractivity (Wildman–Crippen MR) is 84.7 cm³/mol. The van der Waals surface area contributed by atoms with Gasteiger partial charge in [0.05, 0.1) is 6.04 Å². The zero-order valence-corrected chi connectivity index (χ0v) is 13.3. The van der Waals surface area contributed by atoms with Gasteiger partial charge in [-0.3, -0.25) is 10.1 Å². The van der Waals surface area contributed by atoms with Gasteiger partial charge in [0.2, 0.25) is 5.91 Å². The lowest BCUT2D eigenvalue weighted by Gasteiger charge is -2.26. The zero-order chi connectivity index (χ0) is 15.0. The number of amides is 1. The first-order chi connectivity index (χ1) is 10.1. The lowest BCUT2D eigenvalue weighted by Crippen LogP contribution is -2.33. The standard InChI is InChI=1S/C18H26N2O/c1-4-7-16-18(21)20(11-14-10-13(14)3)17(19-16)15-9-6-5-8-12(15)2/h5-6,8-9,13-14,16-17,19H,4,7,10-11H2,1-3H3. The molecule has 1 aliphatic heterocycles. The second-order valence-electron chi connectivity index (χ2n) is 6.73. The summed E-state index contributed by atoms with van der Waals surface area (Å²) in [4.78, 5) is 14.8. The van der Waals surface area contributed by atoms with Crippen LogP contribution in [-0.2, 0) is 4.79 Å². The van der Waals surface area contributed by atoms with Crippen molar-refractivity contribution in [3.63, 3.8) is 0 Å². The Bertz CT molecular complexity index is 528. The van der Waals surface area contributed by atoms with Crippen molar-refractivity contribution in [2.45, 2.75) is 52.2 Å². The van der Waals surface area contributed by atoms with E-state index < -0.39 is 0 Å². The van der Waals surface area contributed by atoms with Gasteiger partial charge >= 0.3 is 0 Å². The van der Waals surface area contributed by atoms with Gasteiger partial charge in [0.1, 0.15) is 6.17 Å². The maximum Gasteiger partial charge on any atom is 0.241 e. The summed E-state index contributed by atoms with van der Waals surface area (Å²) in [5, 5.41) is 3.57. The van der Waals surface area contributed by atoms with Crippen molar-refractivity contribution in [3.8, 4) is 0 Å². The molecule has 4 unspecified atom stereocenters. The maximum absolute atomic E-state index is 12.7. The van der Waals surface area contributed by atoms with Crippen molar-refractivity contribution < 1.29 is 4.79 Å². The summed E-state index contributed by atoms with van der Waals surface area (Å²) in [6.07, 6.45) is 3.29. The molecule has 0 radical (unpaired) electrons. The van der Waals surface area contributed by atoms with Gasteiger partial charge in [-0.25, -0.2) is 0 Å². The second kappa shape index (κ2) is 5.80. The first-order valence-electron chi connectivity index (χ1n) is 8.23. The molecule has 114 valence electrons. The summed E-state index contributed by atoms with van der Waals surface area (Å²) in [6.45, 7) is 7.47. The van der Waals surface area contributed by atoms with E-state index in [2.05, 4.69) is 55.3 Å². The van der Waals surface area contributed by atoms with E-state index in [9.17, 15) is 4.79 Å². The molecule has 0 aromatic heterocycles. The Morgan fingerprint density at radius 3 is 2.67 bits per heavy atom. The highest BCUT2D eigenvalue weighted by molar-refractivity contribution is 5.84. The summed E-state index contributed by atoms with van der Waals surface area (Å²) in [5.41, 5.74) is 2.51. The quantitative estimate of drug-likeness (QED) is 0.901. The predicted octanol–water partition coefficient (Wildman–Crippen LogP) is 3.25. The van der Waals surface area contributed by atoms with E-state index in [0.29, 0.717) is 11.8 Å². The normalized spacial score (nSPS) is 31.8. The van der Waals surface area contributed by atoms with Crippen molar-refractivity contribution in [2.24, 2.45) is 11.8 Å². The number of aryl methyl sites for hydroxylation is 1. The van der Waals surface area contributed by atoms with Crippen molar-refractivity contribution >= 4 is 5.91 Å². The van der Waals surface area contributed by atoms with Crippen LogP contribution in [0.25, 0.3) is 0 Å². The number of hydrogen-bond acceptors (Lipinski definition) is 2. The fourth-order valence-electron chi connectivity index (χ4n) is 3.43. The van der Waals surface area contributed by atoms with Gasteiger partial charge in [-0.2, -0.15) is 0 Å². The average Bonchev–Trinajstić information content (AvgIpc) is 3.08. The third kappa shape index (κ3) is 2.84. The van der Waals surface area contributed by atoms with Crippen LogP contribution in [0.15, 0.2) is 24.3 Å². The highest BCUT2D eigenvalue weighted by Crippen LogP contribution is 2.41. The van der Waals surface area contributed by atoms with Crippen LogP contribution in [-0.4, -0.2) is 23.4 Å². The lowest BCUT2D eigenvalue weighted by atomic mass is 10.1. The molecule has 1 heterocycles. The third-order valence-corrected chi connectivity index (χ3v) is 5.02. The number of benzene rings is 1. The third-order valence-electron chi connectivity index (χ3n) is 5.02. The molecule has 1 N–H and O–H groups in total. The van der Waals surface area contributed by atoms with Gasteiger partial charge in [-0.05, 0) is 42.7 Å². The molecule has 1 amide bonds. The Morgan fingerprint density at radius 2 is 2.05 bits per heavy atom. The number of nitrogens with zero attached hydrogens (tertiary/aromatic N) is 1. The van der Waals surface area contributed by atoms with Crippen LogP contribution in [0.1, 0.15) is 50.4 Å². The summed E-state index contributed by atoms with van der Waals surface area (Å²) < 4.78 is 0. The molecule has 3 nitrogen and oxygen atoms in total. The number of rotatable bonds is 5. The van der Waals surface area contributed by atoms with E-state index in [4.69, 9.17) is 0 Å². The largest absolute Gasteiger partial charge is 0.321 e. The Hall–Kier alpha value is -1.35. The van der Waals surface area contributed by atoms with Gasteiger partial charge in [0, 0.05) is 6.54 Å². The van der Waals surface area contributed by atoms with Gasteiger partial charge in [-0.15, -0.1) is 0 Å². The Labute approximate surface area is 127 Å². The van der Waals surface area contributed by atoms with Crippen LogP contribution in [0.5, 0.6) is 0 Å². The molecule has 1 saturated heterocycles. The zero-order valence-electron chi connectivity index (χ0n) is 13.3.